The zero-order chi connectivity index (χ0) is 23.3. The molecule has 0 radical (unpaired) electrons. The summed E-state index contributed by atoms with van der Waals surface area (Å²) < 4.78 is 17.1. The highest BCUT2D eigenvalue weighted by Crippen LogP contribution is 2.36. The number of carbonyl (C=O) groups is 1. The number of rotatable bonds is 4. The van der Waals surface area contributed by atoms with E-state index in [0.717, 1.165) is 41.3 Å². The number of benzene rings is 1. The predicted molar refractivity (Wildman–Crippen MR) is 131 cm³/mol. The smallest absolute Gasteiger partial charge is 0.257 e. The Bertz CT molecular complexity index is 1350. The summed E-state index contributed by atoms with van der Waals surface area (Å²) in [6, 6.07) is 5.75. The number of aryl methyl sites for hydroxylation is 2. The maximum Gasteiger partial charge on any atom is 0.257 e. The van der Waals surface area contributed by atoms with E-state index in [0.29, 0.717) is 28.5 Å². The van der Waals surface area contributed by atoms with Gasteiger partial charge in [-0.2, -0.15) is 0 Å². The van der Waals surface area contributed by atoms with E-state index < -0.39 is 5.82 Å². The molecule has 1 aromatic carbocycles. The van der Waals surface area contributed by atoms with Gasteiger partial charge in [0.15, 0.2) is 11.5 Å². The summed E-state index contributed by atoms with van der Waals surface area (Å²) in [5.74, 6) is -0.786. The molecule has 172 valence electrons. The van der Waals surface area contributed by atoms with E-state index in [4.69, 9.17) is 0 Å². The quantitative estimate of drug-likeness (QED) is 0.480. The SMILES string of the molecule is Cc1cn2cc(NC(=O)c3ccc(N4CCC(N(C)C)CC4)c4sc(C)nc34)cc(F)c2n1. The first-order valence-corrected chi connectivity index (χ1v) is 11.9. The van der Waals surface area contributed by atoms with Crippen LogP contribution < -0.4 is 10.2 Å². The molecule has 9 heteroatoms. The van der Waals surface area contributed by atoms with Gasteiger partial charge in [0.05, 0.1) is 37.9 Å². The van der Waals surface area contributed by atoms with Gasteiger partial charge in [-0.05, 0) is 52.9 Å². The second kappa shape index (κ2) is 8.39. The number of fused-ring (bicyclic) bond motifs is 2. The third kappa shape index (κ3) is 4.06. The van der Waals surface area contributed by atoms with Crippen LogP contribution in [0, 0.1) is 19.7 Å². The maximum atomic E-state index is 14.5. The standard InChI is InChI=1S/C24H27FN6OS/c1-14-12-31-13-16(11-19(25)23(31)26-14)28-24(32)18-5-6-20(22-21(18)27-15(2)33-22)30-9-7-17(8-10-30)29(3)4/h5-6,11-13,17H,7-10H2,1-4H3,(H,28,32). The van der Waals surface area contributed by atoms with Crippen LogP contribution in [-0.4, -0.2) is 58.4 Å². The highest BCUT2D eigenvalue weighted by Gasteiger charge is 2.24. The summed E-state index contributed by atoms with van der Waals surface area (Å²) >= 11 is 1.61. The number of aromatic nitrogens is 3. The molecule has 4 heterocycles. The van der Waals surface area contributed by atoms with Crippen molar-refractivity contribution in [3.05, 3.63) is 52.7 Å². The molecule has 33 heavy (non-hydrogen) atoms. The molecule has 0 bridgehead atoms. The molecule has 0 atom stereocenters. The van der Waals surface area contributed by atoms with Crippen molar-refractivity contribution in [3.8, 4) is 0 Å². The molecule has 5 rings (SSSR count). The minimum absolute atomic E-state index is 0.241. The molecule has 1 saturated heterocycles. The average Bonchev–Trinajstić information content (AvgIpc) is 3.34. The van der Waals surface area contributed by atoms with Crippen LogP contribution >= 0.6 is 11.3 Å². The van der Waals surface area contributed by atoms with Gasteiger partial charge >= 0.3 is 0 Å². The number of halogens is 1. The van der Waals surface area contributed by atoms with E-state index in [-0.39, 0.29) is 11.6 Å². The Morgan fingerprint density at radius 3 is 2.67 bits per heavy atom. The fourth-order valence-corrected chi connectivity index (χ4v) is 5.59. The summed E-state index contributed by atoms with van der Waals surface area (Å²) in [4.78, 5) is 26.7. The molecule has 1 amide bonds. The van der Waals surface area contributed by atoms with Crippen LogP contribution in [0.2, 0.25) is 0 Å². The highest BCUT2D eigenvalue weighted by molar-refractivity contribution is 7.19. The topological polar surface area (TPSA) is 65.8 Å². The number of anilines is 2. The second-order valence-electron chi connectivity index (χ2n) is 8.87. The average molecular weight is 467 g/mol. The number of amides is 1. The number of piperidine rings is 1. The van der Waals surface area contributed by atoms with Gasteiger partial charge in [0.1, 0.15) is 0 Å². The lowest BCUT2D eigenvalue weighted by atomic mass is 10.0. The molecule has 0 unspecified atom stereocenters. The Morgan fingerprint density at radius 2 is 1.94 bits per heavy atom. The van der Waals surface area contributed by atoms with E-state index in [1.807, 2.05) is 19.1 Å². The Morgan fingerprint density at radius 1 is 1.18 bits per heavy atom. The number of nitrogens with zero attached hydrogens (tertiary/aromatic N) is 5. The van der Waals surface area contributed by atoms with Gasteiger partial charge < -0.3 is 19.5 Å². The van der Waals surface area contributed by atoms with Crippen LogP contribution in [0.5, 0.6) is 0 Å². The number of imidazole rings is 1. The first-order chi connectivity index (χ1) is 15.8. The third-order valence-corrected chi connectivity index (χ3v) is 7.29. The molecular formula is C24H27FN6OS. The summed E-state index contributed by atoms with van der Waals surface area (Å²) in [6.07, 6.45) is 5.61. The Hall–Kier alpha value is -3.04. The minimum atomic E-state index is -0.480. The van der Waals surface area contributed by atoms with E-state index in [9.17, 15) is 9.18 Å². The molecule has 0 aliphatic carbocycles. The molecule has 1 fully saturated rings. The zero-order valence-corrected chi connectivity index (χ0v) is 20.0. The summed E-state index contributed by atoms with van der Waals surface area (Å²) in [7, 11) is 4.27. The fraction of sp³-hybridized carbons (Fsp3) is 0.375. The first kappa shape index (κ1) is 21.8. The Balaban J connectivity index is 1.44. The molecule has 1 N–H and O–H groups in total. The van der Waals surface area contributed by atoms with Crippen molar-refractivity contribution >= 4 is 44.5 Å². The lowest BCUT2D eigenvalue weighted by molar-refractivity contribution is 0.102. The van der Waals surface area contributed by atoms with Crippen molar-refractivity contribution in [2.75, 3.05) is 37.4 Å². The first-order valence-electron chi connectivity index (χ1n) is 11.1. The van der Waals surface area contributed by atoms with E-state index in [1.165, 1.54) is 6.07 Å². The normalized spacial score (nSPS) is 15.2. The molecule has 3 aromatic heterocycles. The number of carbonyl (C=O) groups excluding carboxylic acids is 1. The van der Waals surface area contributed by atoms with Crippen molar-refractivity contribution in [2.24, 2.45) is 0 Å². The fourth-order valence-electron chi connectivity index (χ4n) is 4.60. The number of pyridine rings is 1. The Labute approximate surface area is 195 Å². The van der Waals surface area contributed by atoms with E-state index >= 15 is 0 Å². The number of hydrogen-bond acceptors (Lipinski definition) is 6. The van der Waals surface area contributed by atoms with Crippen LogP contribution in [-0.2, 0) is 0 Å². The van der Waals surface area contributed by atoms with Crippen molar-refractivity contribution in [2.45, 2.75) is 32.7 Å². The van der Waals surface area contributed by atoms with Gasteiger partial charge in [0.25, 0.3) is 5.91 Å². The van der Waals surface area contributed by atoms with E-state index in [2.05, 4.69) is 39.2 Å². The van der Waals surface area contributed by atoms with Gasteiger partial charge in [0.2, 0.25) is 0 Å². The largest absolute Gasteiger partial charge is 0.370 e. The minimum Gasteiger partial charge on any atom is -0.370 e. The maximum absolute atomic E-state index is 14.5. The predicted octanol–water partition coefficient (Wildman–Crippen LogP) is 4.48. The molecule has 7 nitrogen and oxygen atoms in total. The van der Waals surface area contributed by atoms with Crippen LogP contribution in [0.4, 0.5) is 15.8 Å². The number of hydrogen-bond donors (Lipinski definition) is 1. The third-order valence-electron chi connectivity index (χ3n) is 6.29. The van der Waals surface area contributed by atoms with Crippen LogP contribution in [0.15, 0.2) is 30.6 Å². The second-order valence-corrected chi connectivity index (χ2v) is 10.1. The van der Waals surface area contributed by atoms with Crippen LogP contribution in [0.1, 0.15) is 33.9 Å². The number of nitrogens with one attached hydrogen (secondary N) is 1. The molecule has 1 aliphatic rings. The van der Waals surface area contributed by atoms with Crippen molar-refractivity contribution < 1.29 is 9.18 Å². The van der Waals surface area contributed by atoms with Crippen molar-refractivity contribution in [1.29, 1.82) is 0 Å². The van der Waals surface area contributed by atoms with Gasteiger partial charge in [0, 0.05) is 37.6 Å². The summed E-state index contributed by atoms with van der Waals surface area (Å²) in [5.41, 5.74) is 3.64. The summed E-state index contributed by atoms with van der Waals surface area (Å²) in [5, 5.41) is 3.75. The Kier molecular flexibility index (Phi) is 5.54. The summed E-state index contributed by atoms with van der Waals surface area (Å²) in [6.45, 7) is 5.71. The van der Waals surface area contributed by atoms with E-state index in [1.54, 1.807) is 35.1 Å². The monoisotopic (exact) mass is 466 g/mol. The van der Waals surface area contributed by atoms with Crippen LogP contribution in [0.3, 0.4) is 0 Å². The van der Waals surface area contributed by atoms with Crippen LogP contribution in [0.25, 0.3) is 15.9 Å². The molecule has 0 saturated carbocycles. The highest BCUT2D eigenvalue weighted by atomic mass is 32.1. The van der Waals surface area contributed by atoms with Gasteiger partial charge in [-0.3, -0.25) is 4.79 Å². The van der Waals surface area contributed by atoms with Gasteiger partial charge in [-0.1, -0.05) is 0 Å². The van der Waals surface area contributed by atoms with Crippen molar-refractivity contribution in [3.63, 3.8) is 0 Å². The molecule has 0 spiro atoms. The molecule has 4 aromatic rings. The zero-order valence-electron chi connectivity index (χ0n) is 19.2. The lowest BCUT2D eigenvalue weighted by Crippen LogP contribution is -2.42. The number of thiazole rings is 1. The molecule has 1 aliphatic heterocycles. The van der Waals surface area contributed by atoms with Gasteiger partial charge in [-0.25, -0.2) is 14.4 Å². The lowest BCUT2D eigenvalue weighted by Gasteiger charge is -2.36. The molecular weight excluding hydrogens is 439 g/mol. The van der Waals surface area contributed by atoms with Crippen molar-refractivity contribution in [1.82, 2.24) is 19.3 Å². The van der Waals surface area contributed by atoms with Gasteiger partial charge in [-0.15, -0.1) is 11.3 Å².